The molecule has 2 aromatic heterocycles. The third-order valence-electron chi connectivity index (χ3n) is 15.0. The van der Waals surface area contributed by atoms with E-state index in [0.717, 1.165) is 51.1 Å². The fourth-order valence-corrected chi connectivity index (χ4v) is 11.6. The zero-order valence-electron chi connectivity index (χ0n) is 41.2. The number of fused-ring (bicyclic) bond motifs is 8. The maximum Gasteiger partial charge on any atom is 0.0618 e. The van der Waals surface area contributed by atoms with Crippen molar-refractivity contribution in [1.29, 1.82) is 0 Å². The van der Waals surface area contributed by atoms with Gasteiger partial charge in [0.1, 0.15) is 0 Å². The van der Waals surface area contributed by atoms with Gasteiger partial charge in [0, 0.05) is 72.1 Å². The Hall–Kier alpha value is -9.64. The lowest BCUT2D eigenvalue weighted by Crippen LogP contribution is -2.11. The van der Waals surface area contributed by atoms with Crippen LogP contribution in [0.4, 0.5) is 34.1 Å². The van der Waals surface area contributed by atoms with E-state index in [1.54, 1.807) is 0 Å². The molecule has 0 saturated carbocycles. The van der Waals surface area contributed by atoms with Gasteiger partial charge in [0.2, 0.25) is 0 Å². The van der Waals surface area contributed by atoms with Crippen LogP contribution in [-0.4, -0.2) is 9.13 Å². The molecule has 74 heavy (non-hydrogen) atoms. The summed E-state index contributed by atoms with van der Waals surface area (Å²) in [4.78, 5) is 4.88. The summed E-state index contributed by atoms with van der Waals surface area (Å²) < 4.78 is 4.77. The second-order valence-electron chi connectivity index (χ2n) is 19.5. The molecule has 0 N–H and O–H groups in total. The van der Waals surface area contributed by atoms with Crippen molar-refractivity contribution in [3.63, 3.8) is 0 Å². The van der Waals surface area contributed by atoms with Crippen molar-refractivity contribution in [2.45, 2.75) is 13.8 Å². The van der Waals surface area contributed by atoms with Gasteiger partial charge in [-0.15, -0.1) is 0 Å². The molecule has 4 heteroatoms. The SMILES string of the molecule is Cc1ccc(N(c2ccc(-c3c4ccccc4c(N(c4ccc(C)cc4)c4ccc5c(c4)c4ccccc4n5-c4ccccc4)c4ccccc34)cc2)c2ccc3c(c2)c2ccccc2n3-c2ccccc2)cc1. The molecule has 0 aliphatic heterocycles. The minimum atomic E-state index is 1.09. The van der Waals surface area contributed by atoms with E-state index in [2.05, 4.69) is 300 Å². The summed E-state index contributed by atoms with van der Waals surface area (Å²) in [5.41, 5.74) is 18.5. The van der Waals surface area contributed by atoms with Crippen molar-refractivity contribution < 1.29 is 0 Å². The molecular formula is C70H50N4. The smallest absolute Gasteiger partial charge is 0.0618 e. The van der Waals surface area contributed by atoms with E-state index < -0.39 is 0 Å². The molecule has 0 unspecified atom stereocenters. The number of nitrogens with zero attached hydrogens (tertiary/aromatic N) is 4. The average Bonchev–Trinajstić information content (AvgIpc) is 4.02. The molecule has 0 saturated heterocycles. The molecule has 0 amide bonds. The number of aromatic nitrogens is 2. The Bertz CT molecular complexity index is 4360. The van der Waals surface area contributed by atoms with Crippen LogP contribution in [0.15, 0.2) is 267 Å². The summed E-state index contributed by atoms with van der Waals surface area (Å²) in [7, 11) is 0. The number of para-hydroxylation sites is 4. The molecule has 2 heterocycles. The molecule has 4 nitrogen and oxygen atoms in total. The van der Waals surface area contributed by atoms with Gasteiger partial charge >= 0.3 is 0 Å². The van der Waals surface area contributed by atoms with Crippen LogP contribution >= 0.6 is 0 Å². The summed E-state index contributed by atoms with van der Waals surface area (Å²) in [5, 5.41) is 9.64. The first kappa shape index (κ1) is 43.2. The summed E-state index contributed by atoms with van der Waals surface area (Å²) in [6.45, 7) is 4.31. The van der Waals surface area contributed by atoms with E-state index in [4.69, 9.17) is 0 Å². The van der Waals surface area contributed by atoms with Crippen LogP contribution in [0.1, 0.15) is 11.1 Å². The monoisotopic (exact) mass is 946 g/mol. The van der Waals surface area contributed by atoms with Gasteiger partial charge in [-0.25, -0.2) is 0 Å². The molecule has 14 rings (SSSR count). The number of hydrogen-bond acceptors (Lipinski definition) is 2. The highest BCUT2D eigenvalue weighted by Gasteiger charge is 2.24. The van der Waals surface area contributed by atoms with E-state index in [-0.39, 0.29) is 0 Å². The lowest BCUT2D eigenvalue weighted by Gasteiger charge is -2.30. The Morgan fingerprint density at radius 2 is 0.595 bits per heavy atom. The predicted molar refractivity (Wildman–Crippen MR) is 314 cm³/mol. The van der Waals surface area contributed by atoms with Crippen molar-refractivity contribution in [2.75, 3.05) is 9.80 Å². The molecule has 0 spiro atoms. The Labute approximate surface area is 430 Å². The zero-order chi connectivity index (χ0) is 49.3. The van der Waals surface area contributed by atoms with Crippen molar-refractivity contribution in [2.24, 2.45) is 0 Å². The molecule has 0 bridgehead atoms. The zero-order valence-corrected chi connectivity index (χ0v) is 41.2. The molecule has 0 radical (unpaired) electrons. The number of benzene rings is 12. The summed E-state index contributed by atoms with van der Waals surface area (Å²) in [5.74, 6) is 0. The van der Waals surface area contributed by atoms with Crippen LogP contribution in [0.5, 0.6) is 0 Å². The standard InChI is InChI=1S/C70H50N4/c1-47-29-35-52(36-30-47)71(55-41-43-67-63(45-55)57-21-13-15-27-65(57)73(67)50-17-5-3-6-18-50)53-39-33-49(34-40-53)69-59-23-9-11-25-61(59)70(62-26-12-10-24-60(62)69)72(54-37-31-48(2)32-38-54)56-42-44-68-64(46-56)58-22-14-16-28-66(58)74(68)51-19-7-4-8-20-51/h3-46H,1-2H3. The largest absolute Gasteiger partial charge is 0.310 e. The van der Waals surface area contributed by atoms with Gasteiger partial charge in [0.15, 0.2) is 0 Å². The number of rotatable bonds is 9. The molecule has 0 aliphatic rings. The van der Waals surface area contributed by atoms with Gasteiger partial charge in [-0.3, -0.25) is 0 Å². The van der Waals surface area contributed by atoms with Gasteiger partial charge in [0.05, 0.1) is 27.8 Å². The predicted octanol–water partition coefficient (Wildman–Crippen LogP) is 19.4. The first-order chi connectivity index (χ1) is 36.6. The minimum Gasteiger partial charge on any atom is -0.310 e. The van der Waals surface area contributed by atoms with Crippen LogP contribution in [0.3, 0.4) is 0 Å². The van der Waals surface area contributed by atoms with Crippen LogP contribution in [0, 0.1) is 13.8 Å². The summed E-state index contributed by atoms with van der Waals surface area (Å²) in [6.07, 6.45) is 0. The quantitative estimate of drug-likeness (QED) is 0.134. The van der Waals surface area contributed by atoms with Crippen LogP contribution in [0.2, 0.25) is 0 Å². The fourth-order valence-electron chi connectivity index (χ4n) is 11.6. The van der Waals surface area contributed by atoms with E-state index in [1.807, 2.05) is 0 Å². The average molecular weight is 947 g/mol. The Morgan fingerprint density at radius 3 is 1.05 bits per heavy atom. The van der Waals surface area contributed by atoms with Crippen molar-refractivity contribution in [3.05, 3.63) is 278 Å². The summed E-state index contributed by atoms with van der Waals surface area (Å²) >= 11 is 0. The van der Waals surface area contributed by atoms with Crippen LogP contribution in [-0.2, 0) is 0 Å². The van der Waals surface area contributed by atoms with Crippen LogP contribution in [0.25, 0.3) is 87.7 Å². The molecular weight excluding hydrogens is 897 g/mol. The molecule has 0 atom stereocenters. The number of aryl methyl sites for hydroxylation is 2. The van der Waals surface area contributed by atoms with E-state index in [9.17, 15) is 0 Å². The third kappa shape index (κ3) is 7.06. The van der Waals surface area contributed by atoms with Crippen LogP contribution < -0.4 is 9.80 Å². The molecule has 0 fully saturated rings. The highest BCUT2D eigenvalue weighted by Crippen LogP contribution is 2.50. The van der Waals surface area contributed by atoms with E-state index >= 15 is 0 Å². The normalized spacial score (nSPS) is 11.6. The maximum atomic E-state index is 2.48. The summed E-state index contributed by atoms with van der Waals surface area (Å²) in [6, 6.07) is 97.9. The van der Waals surface area contributed by atoms with Gasteiger partial charge in [0.25, 0.3) is 0 Å². The van der Waals surface area contributed by atoms with Crippen molar-refractivity contribution in [3.8, 4) is 22.5 Å². The third-order valence-corrected chi connectivity index (χ3v) is 15.0. The Balaban J connectivity index is 0.938. The van der Waals surface area contributed by atoms with Gasteiger partial charge in [-0.2, -0.15) is 0 Å². The fraction of sp³-hybridized carbons (Fsp3) is 0.0286. The maximum absolute atomic E-state index is 2.48. The van der Waals surface area contributed by atoms with Gasteiger partial charge in [-0.05, 0) is 145 Å². The molecule has 350 valence electrons. The molecule has 0 aliphatic carbocycles. The first-order valence-electron chi connectivity index (χ1n) is 25.5. The lowest BCUT2D eigenvalue weighted by atomic mass is 9.89. The molecule has 12 aromatic carbocycles. The highest BCUT2D eigenvalue weighted by molar-refractivity contribution is 6.23. The minimum absolute atomic E-state index is 1.09. The van der Waals surface area contributed by atoms with Gasteiger partial charge < -0.3 is 18.9 Å². The Morgan fingerprint density at radius 1 is 0.257 bits per heavy atom. The second-order valence-corrected chi connectivity index (χ2v) is 19.5. The van der Waals surface area contributed by atoms with Crippen molar-refractivity contribution >= 4 is 99.3 Å². The van der Waals surface area contributed by atoms with E-state index in [0.29, 0.717) is 0 Å². The highest BCUT2D eigenvalue weighted by atomic mass is 15.2. The second kappa shape index (κ2) is 17.6. The number of hydrogen-bond donors (Lipinski definition) is 0. The first-order valence-corrected chi connectivity index (χ1v) is 25.5. The van der Waals surface area contributed by atoms with Crippen molar-refractivity contribution in [1.82, 2.24) is 9.13 Å². The number of anilines is 6. The van der Waals surface area contributed by atoms with E-state index in [1.165, 1.54) is 81.8 Å². The Kier molecular flexibility index (Phi) is 10.3. The lowest BCUT2D eigenvalue weighted by molar-refractivity contribution is 1.18. The topological polar surface area (TPSA) is 16.3 Å². The molecule has 14 aromatic rings. The van der Waals surface area contributed by atoms with Gasteiger partial charge in [-0.1, -0.05) is 169 Å².